The Morgan fingerprint density at radius 3 is 2.21 bits per heavy atom. The SMILES string of the molecule is O=C1CN(c2ccc(-n3cc(-c4ccc(Cl)cc4Cl)nc3Cc3ccc(-c4ccc(C5CCCCC5)cc4)cc3)c(F)c2)S(=O)(=O)N1. The third-order valence-corrected chi connectivity index (χ3v) is 10.9. The van der Waals surface area contributed by atoms with E-state index >= 15 is 4.39 Å². The number of carbonyl (C=O) groups is 1. The molecule has 0 radical (unpaired) electrons. The molecule has 0 unspecified atom stereocenters. The van der Waals surface area contributed by atoms with Crippen LogP contribution in [0.25, 0.3) is 28.1 Å². The first-order valence-electron chi connectivity index (χ1n) is 15.5. The van der Waals surface area contributed by atoms with Gasteiger partial charge >= 0.3 is 10.2 Å². The summed E-state index contributed by atoms with van der Waals surface area (Å²) in [5, 5.41) is 0.883. The van der Waals surface area contributed by atoms with Crippen molar-refractivity contribution in [2.45, 2.75) is 44.4 Å². The van der Waals surface area contributed by atoms with Crippen LogP contribution in [0.2, 0.25) is 10.0 Å². The maximum absolute atomic E-state index is 15.8. The van der Waals surface area contributed by atoms with Crippen LogP contribution in [0, 0.1) is 5.82 Å². The molecular formula is C36H31Cl2FN4O3S. The molecule has 2 heterocycles. The zero-order valence-corrected chi connectivity index (χ0v) is 27.6. The van der Waals surface area contributed by atoms with Crippen molar-refractivity contribution in [1.82, 2.24) is 14.3 Å². The van der Waals surface area contributed by atoms with Gasteiger partial charge in [-0.25, -0.2) is 18.4 Å². The lowest BCUT2D eigenvalue weighted by Crippen LogP contribution is -2.29. The van der Waals surface area contributed by atoms with E-state index in [9.17, 15) is 13.2 Å². The molecule has 0 spiro atoms. The molecule has 0 bridgehead atoms. The van der Waals surface area contributed by atoms with Gasteiger partial charge in [0.15, 0.2) is 0 Å². The van der Waals surface area contributed by atoms with E-state index < -0.39 is 28.5 Å². The van der Waals surface area contributed by atoms with Crippen LogP contribution in [0.15, 0.2) is 91.1 Å². The summed E-state index contributed by atoms with van der Waals surface area (Å²) in [4.78, 5) is 16.6. The highest BCUT2D eigenvalue weighted by Crippen LogP contribution is 2.35. The van der Waals surface area contributed by atoms with Crippen LogP contribution in [0.3, 0.4) is 0 Å². The molecular weight excluding hydrogens is 658 g/mol. The molecule has 1 N–H and O–H groups in total. The molecule has 2 aliphatic rings. The van der Waals surface area contributed by atoms with Gasteiger partial charge in [-0.15, -0.1) is 0 Å². The Balaban J connectivity index is 1.19. The number of benzene rings is 4. The Morgan fingerprint density at radius 1 is 0.872 bits per heavy atom. The number of imidazole rings is 1. The lowest BCUT2D eigenvalue weighted by Gasteiger charge is -2.22. The summed E-state index contributed by atoms with van der Waals surface area (Å²) in [7, 11) is -4.08. The number of nitrogens with one attached hydrogen (secondary N) is 1. The zero-order valence-electron chi connectivity index (χ0n) is 25.3. The summed E-state index contributed by atoms with van der Waals surface area (Å²) >= 11 is 12.7. The van der Waals surface area contributed by atoms with E-state index in [4.69, 9.17) is 28.2 Å². The van der Waals surface area contributed by atoms with Crippen LogP contribution >= 0.6 is 23.2 Å². The van der Waals surface area contributed by atoms with Crippen molar-refractivity contribution in [3.05, 3.63) is 124 Å². The molecule has 240 valence electrons. The normalized spacial score (nSPS) is 16.4. The number of amides is 1. The first kappa shape index (κ1) is 31.4. The van der Waals surface area contributed by atoms with Crippen LogP contribution in [0.1, 0.15) is 55.0 Å². The number of aromatic nitrogens is 2. The predicted molar refractivity (Wildman–Crippen MR) is 184 cm³/mol. The minimum absolute atomic E-state index is 0.0367. The highest BCUT2D eigenvalue weighted by molar-refractivity contribution is 7.92. The molecule has 7 rings (SSSR count). The number of hydrogen-bond donors (Lipinski definition) is 1. The summed E-state index contributed by atoms with van der Waals surface area (Å²) in [6.07, 6.45) is 8.56. The van der Waals surface area contributed by atoms with E-state index in [0.717, 1.165) is 27.1 Å². The number of carbonyl (C=O) groups excluding carboxylic acids is 1. The third kappa shape index (κ3) is 6.52. The molecule has 1 aliphatic carbocycles. The van der Waals surface area contributed by atoms with Crippen molar-refractivity contribution >= 4 is 45.0 Å². The highest BCUT2D eigenvalue weighted by atomic mass is 35.5. The summed E-state index contributed by atoms with van der Waals surface area (Å²) < 4.78 is 44.8. The van der Waals surface area contributed by atoms with E-state index in [1.54, 1.807) is 29.0 Å². The molecule has 5 aromatic rings. The monoisotopic (exact) mass is 688 g/mol. The first-order chi connectivity index (χ1) is 22.6. The molecule has 1 aromatic heterocycles. The third-order valence-electron chi connectivity index (χ3n) is 8.92. The number of anilines is 1. The Kier molecular flexibility index (Phi) is 8.55. The minimum atomic E-state index is -4.08. The number of hydrogen-bond acceptors (Lipinski definition) is 4. The van der Waals surface area contributed by atoms with E-state index in [1.165, 1.54) is 49.8 Å². The van der Waals surface area contributed by atoms with Crippen molar-refractivity contribution in [2.75, 3.05) is 10.8 Å². The summed E-state index contributed by atoms with van der Waals surface area (Å²) in [5.41, 5.74) is 6.00. The molecule has 47 heavy (non-hydrogen) atoms. The number of halogens is 3. The fourth-order valence-electron chi connectivity index (χ4n) is 6.48. The van der Waals surface area contributed by atoms with Gasteiger partial charge < -0.3 is 0 Å². The summed E-state index contributed by atoms with van der Waals surface area (Å²) in [6, 6.07) is 26.3. The van der Waals surface area contributed by atoms with E-state index in [-0.39, 0.29) is 11.4 Å². The Hall–Kier alpha value is -4.18. The number of rotatable bonds is 7. The van der Waals surface area contributed by atoms with Gasteiger partial charge in [-0.3, -0.25) is 9.36 Å². The van der Waals surface area contributed by atoms with Crippen LogP contribution < -0.4 is 9.03 Å². The van der Waals surface area contributed by atoms with E-state index in [0.29, 0.717) is 39.5 Å². The van der Waals surface area contributed by atoms with Crippen molar-refractivity contribution in [3.8, 4) is 28.1 Å². The first-order valence-corrected chi connectivity index (χ1v) is 17.7. The summed E-state index contributed by atoms with van der Waals surface area (Å²) in [5.74, 6) is -0.158. The maximum Gasteiger partial charge on any atom is 0.326 e. The minimum Gasteiger partial charge on any atom is -0.300 e. The molecule has 1 saturated heterocycles. The Bertz CT molecular complexity index is 2080. The van der Waals surface area contributed by atoms with Crippen molar-refractivity contribution in [2.24, 2.45) is 0 Å². The van der Waals surface area contributed by atoms with Crippen molar-refractivity contribution in [3.63, 3.8) is 0 Å². The second kappa shape index (κ2) is 12.8. The van der Waals surface area contributed by atoms with Gasteiger partial charge in [0, 0.05) is 29.3 Å². The fraction of sp³-hybridized carbons (Fsp3) is 0.222. The maximum atomic E-state index is 15.8. The van der Waals surface area contributed by atoms with Crippen molar-refractivity contribution < 1.29 is 17.6 Å². The van der Waals surface area contributed by atoms with Crippen LogP contribution in [-0.2, 0) is 21.4 Å². The zero-order chi connectivity index (χ0) is 32.7. The topological polar surface area (TPSA) is 84.3 Å². The molecule has 11 heteroatoms. The molecule has 1 amide bonds. The number of nitrogens with zero attached hydrogens (tertiary/aromatic N) is 3. The Morgan fingerprint density at radius 2 is 1.57 bits per heavy atom. The van der Waals surface area contributed by atoms with Gasteiger partial charge in [0.25, 0.3) is 5.91 Å². The molecule has 7 nitrogen and oxygen atoms in total. The molecule has 4 aromatic carbocycles. The highest BCUT2D eigenvalue weighted by Gasteiger charge is 2.34. The quantitative estimate of drug-likeness (QED) is 0.186. The Labute approximate surface area is 283 Å². The van der Waals surface area contributed by atoms with Gasteiger partial charge in [0.1, 0.15) is 18.2 Å². The van der Waals surface area contributed by atoms with E-state index in [2.05, 4.69) is 36.4 Å². The predicted octanol–water partition coefficient (Wildman–Crippen LogP) is 8.47. The standard InChI is InChI=1S/C36H31Cl2FN4O3S/c37-28-14-16-30(31(38)19-28)33-21-42(34-17-15-29(20-32(34)39)43-22-36(44)41-47(43,45)46)35(40-33)18-23-6-8-25(9-7-23)27-12-10-26(11-13-27)24-4-2-1-3-5-24/h6-17,19-21,24H,1-5,18,22H2,(H,41,44). The lowest BCUT2D eigenvalue weighted by molar-refractivity contribution is -0.117. The molecule has 1 aliphatic heterocycles. The van der Waals surface area contributed by atoms with Gasteiger partial charge in [-0.2, -0.15) is 8.42 Å². The largest absolute Gasteiger partial charge is 0.326 e. The van der Waals surface area contributed by atoms with Gasteiger partial charge in [-0.1, -0.05) is 91.0 Å². The van der Waals surface area contributed by atoms with E-state index in [1.807, 2.05) is 16.9 Å². The van der Waals surface area contributed by atoms with Gasteiger partial charge in [0.05, 0.1) is 22.1 Å². The molecule has 0 atom stereocenters. The molecule has 1 saturated carbocycles. The van der Waals surface area contributed by atoms with Gasteiger partial charge in [-0.05, 0) is 71.3 Å². The molecule has 2 fully saturated rings. The second-order valence-electron chi connectivity index (χ2n) is 12.0. The fourth-order valence-corrected chi connectivity index (χ4v) is 8.13. The smallest absolute Gasteiger partial charge is 0.300 e. The van der Waals surface area contributed by atoms with Crippen molar-refractivity contribution in [1.29, 1.82) is 0 Å². The second-order valence-corrected chi connectivity index (χ2v) is 14.5. The average molecular weight is 690 g/mol. The van der Waals surface area contributed by atoms with Crippen LogP contribution in [0.4, 0.5) is 10.1 Å². The summed E-state index contributed by atoms with van der Waals surface area (Å²) in [6.45, 7) is -0.419. The van der Waals surface area contributed by atoms with Gasteiger partial charge in [0.2, 0.25) is 0 Å². The van der Waals surface area contributed by atoms with Crippen LogP contribution in [-0.4, -0.2) is 30.4 Å². The lowest BCUT2D eigenvalue weighted by atomic mass is 9.83. The van der Waals surface area contributed by atoms with Crippen LogP contribution in [0.5, 0.6) is 0 Å². The average Bonchev–Trinajstić information content (AvgIpc) is 3.59.